The van der Waals surface area contributed by atoms with Gasteiger partial charge in [-0.1, -0.05) is 48.2 Å². The van der Waals surface area contributed by atoms with Gasteiger partial charge in [-0.15, -0.1) is 0 Å². The molecule has 1 amide bonds. The molecule has 3 N–H and O–H groups in total. The highest BCUT2D eigenvalue weighted by Crippen LogP contribution is 2.39. The van der Waals surface area contributed by atoms with Crippen LogP contribution in [0, 0.1) is 0 Å². The monoisotopic (exact) mass is 525 g/mol. The van der Waals surface area contributed by atoms with Gasteiger partial charge < -0.3 is 29.6 Å². The van der Waals surface area contributed by atoms with E-state index in [1.54, 1.807) is 24.0 Å². The van der Waals surface area contributed by atoms with Gasteiger partial charge in [-0.25, -0.2) is 4.98 Å². The summed E-state index contributed by atoms with van der Waals surface area (Å²) in [6.07, 6.45) is 3.72. The number of hydrogen-bond donors (Lipinski definition) is 3. The summed E-state index contributed by atoms with van der Waals surface area (Å²) in [5.41, 5.74) is 3.20. The summed E-state index contributed by atoms with van der Waals surface area (Å²) in [7, 11) is 1.95. The lowest BCUT2D eigenvalue weighted by Gasteiger charge is -2.36. The predicted molar refractivity (Wildman–Crippen MR) is 139 cm³/mol. The van der Waals surface area contributed by atoms with E-state index in [9.17, 15) is 14.7 Å². The zero-order valence-electron chi connectivity index (χ0n) is 20.6. The normalized spacial score (nSPS) is 19.5. The molecular formula is C27H31N3O6S. The van der Waals surface area contributed by atoms with Crippen molar-refractivity contribution in [3.63, 3.8) is 0 Å². The van der Waals surface area contributed by atoms with E-state index in [-0.39, 0.29) is 44.0 Å². The molecule has 1 fully saturated rings. The Balaban J connectivity index is 1.48. The molecule has 0 aliphatic carbocycles. The van der Waals surface area contributed by atoms with E-state index in [1.165, 1.54) is 0 Å². The highest BCUT2D eigenvalue weighted by Gasteiger charge is 2.32. The molecule has 0 bridgehead atoms. The van der Waals surface area contributed by atoms with Gasteiger partial charge in [-0.2, -0.15) is 0 Å². The Kier molecular flexibility index (Phi) is 9.34. The first-order chi connectivity index (χ1) is 17.9. The summed E-state index contributed by atoms with van der Waals surface area (Å²) in [6.45, 7) is -0.0186. The van der Waals surface area contributed by atoms with Crippen LogP contribution in [0.25, 0.3) is 0 Å². The van der Waals surface area contributed by atoms with Crippen LogP contribution >= 0.6 is 11.8 Å². The average molecular weight is 526 g/mol. The van der Waals surface area contributed by atoms with Crippen molar-refractivity contribution in [1.29, 1.82) is 0 Å². The molecule has 1 aliphatic heterocycles. The highest BCUT2D eigenvalue weighted by molar-refractivity contribution is 7.99. The fourth-order valence-corrected chi connectivity index (χ4v) is 5.02. The van der Waals surface area contributed by atoms with Crippen molar-refractivity contribution in [2.24, 2.45) is 7.05 Å². The number of nitrogens with zero attached hydrogens (tertiary/aromatic N) is 2. The van der Waals surface area contributed by atoms with Crippen LogP contribution in [0.4, 0.5) is 5.69 Å². The molecule has 4 rings (SSSR count). The number of hydrogen-bond acceptors (Lipinski definition) is 7. The van der Waals surface area contributed by atoms with Crippen LogP contribution in [-0.4, -0.2) is 43.5 Å². The number of aliphatic hydroxyl groups is 1. The summed E-state index contributed by atoms with van der Waals surface area (Å²) in [5, 5.41) is 21.9. The number of aryl methyl sites for hydroxylation is 1. The molecule has 10 heteroatoms. The first-order valence-corrected chi connectivity index (χ1v) is 13.1. The first kappa shape index (κ1) is 26.9. The zero-order valence-corrected chi connectivity index (χ0v) is 21.4. The second-order valence-corrected chi connectivity index (χ2v) is 9.89. The van der Waals surface area contributed by atoms with Crippen LogP contribution in [0.2, 0.25) is 0 Å². The van der Waals surface area contributed by atoms with Gasteiger partial charge in [0.1, 0.15) is 0 Å². The average Bonchev–Trinajstić information content (AvgIpc) is 3.31. The van der Waals surface area contributed by atoms with Crippen molar-refractivity contribution in [2.45, 2.75) is 55.9 Å². The molecule has 0 radical (unpaired) electrons. The van der Waals surface area contributed by atoms with E-state index < -0.39 is 12.3 Å². The maximum atomic E-state index is 12.3. The molecule has 2 aromatic carbocycles. The Labute approximate surface area is 219 Å². The largest absolute Gasteiger partial charge is 0.481 e. The number of carboxylic acids is 1. The molecule has 1 aliphatic rings. The number of amides is 1. The molecule has 3 atom stereocenters. The van der Waals surface area contributed by atoms with Gasteiger partial charge >= 0.3 is 5.97 Å². The van der Waals surface area contributed by atoms with E-state index in [0.29, 0.717) is 17.9 Å². The van der Waals surface area contributed by atoms with E-state index in [2.05, 4.69) is 10.3 Å². The maximum absolute atomic E-state index is 12.3. The number of nitrogens with one attached hydrogen (secondary N) is 1. The van der Waals surface area contributed by atoms with Crippen LogP contribution in [0.3, 0.4) is 0 Å². The van der Waals surface area contributed by atoms with Gasteiger partial charge in [-0.05, 0) is 29.7 Å². The topological polar surface area (TPSA) is 123 Å². The minimum atomic E-state index is -0.919. The van der Waals surface area contributed by atoms with Crippen LogP contribution in [0.1, 0.15) is 54.8 Å². The second-order valence-electron chi connectivity index (χ2n) is 8.90. The number of rotatable bonds is 11. The molecule has 196 valence electrons. The van der Waals surface area contributed by atoms with Crippen molar-refractivity contribution in [3.05, 3.63) is 77.6 Å². The molecule has 0 unspecified atom stereocenters. The lowest BCUT2D eigenvalue weighted by molar-refractivity contribution is -0.245. The Hall–Kier alpha value is -3.18. The molecule has 1 aromatic heterocycles. The molecule has 3 aromatic rings. The number of imidazole rings is 1. The van der Waals surface area contributed by atoms with Gasteiger partial charge in [0.25, 0.3) is 0 Å². The van der Waals surface area contributed by atoms with Crippen molar-refractivity contribution in [2.75, 3.05) is 11.1 Å². The Bertz CT molecular complexity index is 1200. The molecule has 0 spiro atoms. The number of benzene rings is 2. The summed E-state index contributed by atoms with van der Waals surface area (Å²) < 4.78 is 14.7. The SMILES string of the molecule is Cn1ccnc1SC[C@@H]1C[C@H](c2ccc(CO)cc2)O[C@H](c2cccc(NC(=O)CCCC(=O)O)c2)O1. The number of aliphatic hydroxyl groups excluding tert-OH is 1. The summed E-state index contributed by atoms with van der Waals surface area (Å²) in [4.78, 5) is 27.3. The minimum Gasteiger partial charge on any atom is -0.481 e. The number of anilines is 1. The first-order valence-electron chi connectivity index (χ1n) is 12.1. The summed E-state index contributed by atoms with van der Waals surface area (Å²) >= 11 is 1.62. The van der Waals surface area contributed by atoms with E-state index >= 15 is 0 Å². The van der Waals surface area contributed by atoms with E-state index in [4.69, 9.17) is 14.6 Å². The maximum Gasteiger partial charge on any atom is 0.303 e. The highest BCUT2D eigenvalue weighted by atomic mass is 32.2. The number of carbonyl (C=O) groups excluding carboxylic acids is 1. The molecule has 37 heavy (non-hydrogen) atoms. The summed E-state index contributed by atoms with van der Waals surface area (Å²) in [5.74, 6) is -0.469. The third-order valence-corrected chi connectivity index (χ3v) is 7.22. The van der Waals surface area contributed by atoms with E-state index in [1.807, 2.05) is 60.3 Å². The lowest BCUT2D eigenvalue weighted by atomic mass is 10.0. The fourth-order valence-electron chi connectivity index (χ4n) is 4.07. The van der Waals surface area contributed by atoms with Gasteiger partial charge in [0.15, 0.2) is 11.4 Å². The van der Waals surface area contributed by atoms with Crippen LogP contribution in [0.5, 0.6) is 0 Å². The lowest BCUT2D eigenvalue weighted by Crippen LogP contribution is -2.31. The molecule has 2 heterocycles. The van der Waals surface area contributed by atoms with Crippen LogP contribution < -0.4 is 5.32 Å². The van der Waals surface area contributed by atoms with Crippen LogP contribution in [0.15, 0.2) is 66.1 Å². The number of ether oxygens (including phenoxy) is 2. The third kappa shape index (κ3) is 7.65. The smallest absolute Gasteiger partial charge is 0.303 e. The van der Waals surface area contributed by atoms with Gasteiger partial charge in [0, 0.05) is 55.7 Å². The quantitative estimate of drug-likeness (QED) is 0.314. The van der Waals surface area contributed by atoms with Gasteiger partial charge in [0.05, 0.1) is 18.8 Å². The van der Waals surface area contributed by atoms with Crippen molar-refractivity contribution < 1.29 is 29.3 Å². The molecule has 0 saturated carbocycles. The van der Waals surface area contributed by atoms with Gasteiger partial charge in [-0.3, -0.25) is 9.59 Å². The molecule has 9 nitrogen and oxygen atoms in total. The number of aromatic nitrogens is 2. The number of thioether (sulfide) groups is 1. The van der Waals surface area contributed by atoms with Crippen LogP contribution in [-0.2, 0) is 32.7 Å². The van der Waals surface area contributed by atoms with E-state index in [0.717, 1.165) is 21.8 Å². The Morgan fingerprint density at radius 2 is 1.95 bits per heavy atom. The predicted octanol–water partition coefficient (Wildman–Crippen LogP) is 4.44. The van der Waals surface area contributed by atoms with Gasteiger partial charge in [0.2, 0.25) is 5.91 Å². The Morgan fingerprint density at radius 1 is 1.14 bits per heavy atom. The standard InChI is InChI=1S/C27H31N3O6S/c1-30-13-12-28-27(30)37-17-22-15-23(19-10-8-18(16-31)9-11-19)36-26(35-22)20-4-2-5-21(14-20)29-24(32)6-3-7-25(33)34/h2,4-5,8-14,22-23,26,31H,3,6-7,15-17H2,1H3,(H,29,32)(H,33,34)/t22-,23+,26+/m0/s1. The number of carbonyl (C=O) groups is 2. The number of aliphatic carboxylic acids is 1. The zero-order chi connectivity index (χ0) is 26.2. The third-order valence-electron chi connectivity index (χ3n) is 6.03. The number of carboxylic acid groups (broad SMARTS) is 1. The summed E-state index contributed by atoms with van der Waals surface area (Å²) in [6, 6.07) is 15.0. The van der Waals surface area contributed by atoms with Crippen molar-refractivity contribution >= 4 is 29.3 Å². The molecule has 1 saturated heterocycles. The van der Waals surface area contributed by atoms with Crippen molar-refractivity contribution in [1.82, 2.24) is 9.55 Å². The second kappa shape index (κ2) is 12.9. The Morgan fingerprint density at radius 3 is 2.65 bits per heavy atom. The van der Waals surface area contributed by atoms with Crippen molar-refractivity contribution in [3.8, 4) is 0 Å². The fraction of sp³-hybridized carbons (Fsp3) is 0.370. The molecular weight excluding hydrogens is 494 g/mol. The minimum absolute atomic E-state index is 0.0186.